The van der Waals surface area contributed by atoms with E-state index in [9.17, 15) is 0 Å². The normalized spacial score (nSPS) is 11.9. The minimum absolute atomic E-state index is 0.637. The number of hydrogen-bond donors (Lipinski definition) is 0. The Balaban J connectivity index is 1.12. The van der Waals surface area contributed by atoms with Crippen LogP contribution in [-0.4, -0.2) is 24.1 Å². The molecule has 12 rings (SSSR count). The Morgan fingerprint density at radius 3 is 1.50 bits per heavy atom. The lowest BCUT2D eigenvalue weighted by molar-refractivity contribution is 1.07. The summed E-state index contributed by atoms with van der Waals surface area (Å²) in [5.74, 6) is 1.94. The van der Waals surface area contributed by atoms with E-state index < -0.39 is 0 Å². The van der Waals surface area contributed by atoms with Crippen LogP contribution in [0.3, 0.4) is 0 Å². The van der Waals surface area contributed by atoms with Crippen molar-refractivity contribution < 1.29 is 0 Å². The van der Waals surface area contributed by atoms with Crippen molar-refractivity contribution in [3.63, 3.8) is 0 Å². The highest BCUT2D eigenvalue weighted by molar-refractivity contribution is 6.28. The van der Waals surface area contributed by atoms with Gasteiger partial charge in [-0.05, 0) is 59.7 Å². The van der Waals surface area contributed by atoms with Crippen molar-refractivity contribution in [2.45, 2.75) is 0 Å². The van der Waals surface area contributed by atoms with Gasteiger partial charge in [0.1, 0.15) is 0 Å². The molecule has 0 saturated carbocycles. The van der Waals surface area contributed by atoms with Gasteiger partial charge in [-0.1, -0.05) is 140 Å². The fourth-order valence-corrected chi connectivity index (χ4v) is 8.89. The molecule has 0 saturated heterocycles. The zero-order valence-corrected chi connectivity index (χ0v) is 30.1. The minimum atomic E-state index is 0.637. The lowest BCUT2D eigenvalue weighted by Gasteiger charge is -2.13. The number of hydrogen-bond acceptors (Lipinski definition) is 3. The molecule has 0 radical (unpaired) electrons. The van der Waals surface area contributed by atoms with Gasteiger partial charge in [0.2, 0.25) is 0 Å². The van der Waals surface area contributed by atoms with Crippen molar-refractivity contribution in [1.82, 2.24) is 24.1 Å². The summed E-state index contributed by atoms with van der Waals surface area (Å²) >= 11 is 0. The van der Waals surface area contributed by atoms with E-state index in [1.165, 1.54) is 66.0 Å². The second-order valence-corrected chi connectivity index (χ2v) is 14.4. The van der Waals surface area contributed by atoms with Crippen molar-refractivity contribution in [1.29, 1.82) is 0 Å². The molecule has 1 aliphatic rings. The van der Waals surface area contributed by atoms with E-state index in [0.717, 1.165) is 27.9 Å². The van der Waals surface area contributed by atoms with Gasteiger partial charge in [0, 0.05) is 55.0 Å². The van der Waals surface area contributed by atoms with E-state index in [2.05, 4.69) is 137 Å². The monoisotopic (exact) mass is 713 g/mol. The molecular formula is C51H31N5. The Morgan fingerprint density at radius 1 is 0.339 bits per heavy atom. The maximum Gasteiger partial charge on any atom is 0.164 e. The van der Waals surface area contributed by atoms with Gasteiger partial charge in [-0.2, -0.15) is 0 Å². The first-order valence-electron chi connectivity index (χ1n) is 19.0. The Kier molecular flexibility index (Phi) is 6.56. The van der Waals surface area contributed by atoms with Gasteiger partial charge in [-0.15, -0.1) is 0 Å². The van der Waals surface area contributed by atoms with Gasteiger partial charge in [0.25, 0.3) is 0 Å². The van der Waals surface area contributed by atoms with Crippen LogP contribution in [0.15, 0.2) is 188 Å². The van der Waals surface area contributed by atoms with Crippen LogP contribution < -0.4 is 0 Å². The van der Waals surface area contributed by atoms with Crippen LogP contribution in [0.2, 0.25) is 0 Å². The number of para-hydroxylation sites is 3. The van der Waals surface area contributed by atoms with Crippen molar-refractivity contribution in [2.24, 2.45) is 0 Å². The summed E-state index contributed by atoms with van der Waals surface area (Å²) in [5.41, 5.74) is 14.9. The molecule has 56 heavy (non-hydrogen) atoms. The number of aromatic nitrogens is 5. The van der Waals surface area contributed by atoms with Crippen LogP contribution in [-0.2, 0) is 0 Å². The third-order valence-corrected chi connectivity index (χ3v) is 11.3. The van der Waals surface area contributed by atoms with E-state index in [1.807, 2.05) is 60.7 Å². The molecule has 0 N–H and O–H groups in total. The quantitative estimate of drug-likeness (QED) is 0.182. The molecule has 0 atom stereocenters. The highest BCUT2D eigenvalue weighted by Gasteiger charge is 2.28. The fourth-order valence-electron chi connectivity index (χ4n) is 8.89. The first-order chi connectivity index (χ1) is 27.8. The predicted molar refractivity (Wildman–Crippen MR) is 229 cm³/mol. The van der Waals surface area contributed by atoms with Crippen molar-refractivity contribution in [3.8, 4) is 67.8 Å². The molecule has 1 aliphatic heterocycles. The third kappa shape index (κ3) is 4.46. The minimum Gasteiger partial charge on any atom is -0.309 e. The molecule has 0 spiro atoms. The second-order valence-electron chi connectivity index (χ2n) is 14.4. The lowest BCUT2D eigenvalue weighted by Crippen LogP contribution is -2.00. The standard InChI is InChI=1S/C51H31N5/c1-3-15-32(16-4-1)49-52-50(33-17-5-2-6-18-33)54-51(53-49)34-27-29-35(30-28-34)55-44-26-14-11-23-40(44)46-45(55)31-41-38-21-10-13-25-43(38)56-42-24-12-9-20-37(42)36-19-7-8-22-39(36)47(46)48(41)56/h1-31H. The molecule has 3 aromatic heterocycles. The van der Waals surface area contributed by atoms with Crippen molar-refractivity contribution in [3.05, 3.63) is 188 Å². The highest BCUT2D eigenvalue weighted by atomic mass is 15.0. The Labute approximate surface area is 322 Å². The average Bonchev–Trinajstić information content (AvgIpc) is 3.74. The molecule has 11 aromatic rings. The fraction of sp³-hybridized carbons (Fsp3) is 0. The third-order valence-electron chi connectivity index (χ3n) is 11.3. The maximum atomic E-state index is 5.00. The van der Waals surface area contributed by atoms with Gasteiger partial charge in [0.05, 0.1) is 27.8 Å². The summed E-state index contributed by atoms with van der Waals surface area (Å²) < 4.78 is 4.92. The molecule has 0 unspecified atom stereocenters. The van der Waals surface area contributed by atoms with Crippen LogP contribution >= 0.6 is 0 Å². The summed E-state index contributed by atoms with van der Waals surface area (Å²) in [6, 6.07) is 66.8. The summed E-state index contributed by atoms with van der Waals surface area (Å²) in [7, 11) is 0. The average molecular weight is 714 g/mol. The van der Waals surface area contributed by atoms with Crippen LogP contribution in [0.5, 0.6) is 0 Å². The SMILES string of the molecule is c1ccc(-c2nc(-c3ccccc3)nc(-c3ccc(-n4c5ccccc5c5c6c7c(cc54)c4ccccc4n7-c4ccccc4-c4ccccc4-6)cc3)n2)cc1. The molecule has 0 fully saturated rings. The zero-order valence-electron chi connectivity index (χ0n) is 30.1. The van der Waals surface area contributed by atoms with Gasteiger partial charge in [0.15, 0.2) is 17.5 Å². The molecule has 8 aromatic carbocycles. The highest BCUT2D eigenvalue weighted by Crippen LogP contribution is 2.51. The Bertz CT molecular complexity index is 3280. The summed E-state index contributed by atoms with van der Waals surface area (Å²) in [4.78, 5) is 14.9. The van der Waals surface area contributed by atoms with E-state index in [0.29, 0.717) is 17.5 Å². The van der Waals surface area contributed by atoms with E-state index in [-0.39, 0.29) is 0 Å². The molecule has 0 amide bonds. The Morgan fingerprint density at radius 2 is 0.839 bits per heavy atom. The first-order valence-corrected chi connectivity index (χ1v) is 19.0. The predicted octanol–water partition coefficient (Wildman–Crippen LogP) is 12.7. The maximum absolute atomic E-state index is 5.00. The first kappa shape index (κ1) is 30.8. The molecule has 5 nitrogen and oxygen atoms in total. The van der Waals surface area contributed by atoms with Crippen molar-refractivity contribution >= 4 is 43.6 Å². The largest absolute Gasteiger partial charge is 0.309 e. The molecule has 0 aliphatic carbocycles. The van der Waals surface area contributed by atoms with Gasteiger partial charge in [-0.25, -0.2) is 15.0 Å². The molecule has 0 bridgehead atoms. The second kappa shape index (κ2) is 11.9. The topological polar surface area (TPSA) is 48.5 Å². The van der Waals surface area contributed by atoms with Crippen molar-refractivity contribution in [2.75, 3.05) is 0 Å². The van der Waals surface area contributed by atoms with Gasteiger partial charge < -0.3 is 9.13 Å². The smallest absolute Gasteiger partial charge is 0.164 e. The van der Waals surface area contributed by atoms with E-state index >= 15 is 0 Å². The van der Waals surface area contributed by atoms with Crippen LogP contribution in [0.25, 0.3) is 111 Å². The van der Waals surface area contributed by atoms with Gasteiger partial charge >= 0.3 is 0 Å². The summed E-state index contributed by atoms with van der Waals surface area (Å²) in [6.45, 7) is 0. The number of rotatable bonds is 4. The number of benzene rings is 8. The zero-order chi connectivity index (χ0) is 36.7. The van der Waals surface area contributed by atoms with E-state index in [4.69, 9.17) is 15.0 Å². The lowest BCUT2D eigenvalue weighted by atomic mass is 9.91. The van der Waals surface area contributed by atoms with Gasteiger partial charge in [-0.3, -0.25) is 0 Å². The number of nitrogens with zero attached hydrogens (tertiary/aromatic N) is 5. The van der Waals surface area contributed by atoms with Crippen LogP contribution in [0.1, 0.15) is 0 Å². The van der Waals surface area contributed by atoms with Crippen LogP contribution in [0, 0.1) is 0 Å². The molecular weight excluding hydrogens is 683 g/mol. The molecule has 260 valence electrons. The summed E-state index contributed by atoms with van der Waals surface area (Å²) in [5, 5.41) is 4.95. The number of fused-ring (bicyclic) bond motifs is 12. The molecule has 4 heterocycles. The summed E-state index contributed by atoms with van der Waals surface area (Å²) in [6.07, 6.45) is 0. The van der Waals surface area contributed by atoms with E-state index in [1.54, 1.807) is 0 Å². The van der Waals surface area contributed by atoms with Crippen LogP contribution in [0.4, 0.5) is 0 Å². The Hall–Kier alpha value is -7.63. The molecule has 5 heteroatoms.